The van der Waals surface area contributed by atoms with Gasteiger partial charge in [-0.05, 0) is 50.1 Å². The van der Waals surface area contributed by atoms with Gasteiger partial charge >= 0.3 is 0 Å². The van der Waals surface area contributed by atoms with Crippen LogP contribution in [-0.2, 0) is 16.0 Å². The molecule has 0 aliphatic carbocycles. The Morgan fingerprint density at radius 2 is 1.68 bits per heavy atom. The molecular formula is C23H25N3O2. The molecule has 0 saturated heterocycles. The van der Waals surface area contributed by atoms with Gasteiger partial charge in [-0.3, -0.25) is 14.6 Å². The zero-order chi connectivity index (χ0) is 20.3. The number of nitrogens with zero attached hydrogens (tertiary/aromatic N) is 2. The van der Waals surface area contributed by atoms with Crippen LogP contribution in [0, 0.1) is 20.8 Å². The molecule has 0 fully saturated rings. The first-order chi connectivity index (χ1) is 13.3. The number of pyridine rings is 1. The molecule has 0 aliphatic heterocycles. The molecule has 1 aromatic heterocycles. The third-order valence-corrected chi connectivity index (χ3v) is 4.96. The minimum atomic E-state index is -0.218. The Bertz CT molecular complexity index is 1030. The standard InChI is InChI=1S/C23H25N3O2/c1-15-9-11-18(12-10-15)25-22(27)14-26(4)23(28)13-20-16(2)19-7-5-6-8-21(19)24-17(20)3/h5-12H,13-14H2,1-4H3,(H,25,27). The maximum absolute atomic E-state index is 12.7. The molecule has 0 spiro atoms. The summed E-state index contributed by atoms with van der Waals surface area (Å²) >= 11 is 0. The Balaban J connectivity index is 1.68. The topological polar surface area (TPSA) is 62.3 Å². The predicted molar refractivity (Wildman–Crippen MR) is 112 cm³/mol. The van der Waals surface area contributed by atoms with Gasteiger partial charge in [0.15, 0.2) is 0 Å². The van der Waals surface area contributed by atoms with Gasteiger partial charge in [0.05, 0.1) is 18.5 Å². The minimum Gasteiger partial charge on any atom is -0.336 e. The van der Waals surface area contributed by atoms with Crippen molar-refractivity contribution in [1.82, 2.24) is 9.88 Å². The number of hydrogen-bond donors (Lipinski definition) is 1. The number of aromatic nitrogens is 1. The van der Waals surface area contributed by atoms with Crippen LogP contribution in [0.4, 0.5) is 5.69 Å². The molecule has 144 valence electrons. The predicted octanol–water partition coefficient (Wildman–Crippen LogP) is 3.80. The number of aryl methyl sites for hydroxylation is 3. The van der Waals surface area contributed by atoms with Crippen molar-refractivity contribution in [3.8, 4) is 0 Å². The van der Waals surface area contributed by atoms with Crippen molar-refractivity contribution in [3.05, 3.63) is 70.9 Å². The van der Waals surface area contributed by atoms with Crippen LogP contribution in [0.3, 0.4) is 0 Å². The van der Waals surface area contributed by atoms with Crippen LogP contribution in [0.1, 0.15) is 22.4 Å². The van der Waals surface area contributed by atoms with E-state index < -0.39 is 0 Å². The normalized spacial score (nSPS) is 10.7. The molecule has 0 atom stereocenters. The summed E-state index contributed by atoms with van der Waals surface area (Å²) in [6.45, 7) is 5.94. The lowest BCUT2D eigenvalue weighted by Crippen LogP contribution is -2.36. The summed E-state index contributed by atoms with van der Waals surface area (Å²) in [5, 5.41) is 3.87. The lowest BCUT2D eigenvalue weighted by atomic mass is 9.99. The third kappa shape index (κ3) is 4.36. The molecule has 28 heavy (non-hydrogen) atoms. The fraction of sp³-hybridized carbons (Fsp3) is 0.261. The summed E-state index contributed by atoms with van der Waals surface area (Å²) < 4.78 is 0. The zero-order valence-electron chi connectivity index (χ0n) is 16.7. The molecule has 2 amide bonds. The van der Waals surface area contributed by atoms with Crippen molar-refractivity contribution in [3.63, 3.8) is 0 Å². The summed E-state index contributed by atoms with van der Waals surface area (Å²) in [7, 11) is 1.65. The van der Waals surface area contributed by atoms with Gasteiger partial charge in [-0.15, -0.1) is 0 Å². The molecule has 0 saturated carbocycles. The average molecular weight is 375 g/mol. The number of carbonyl (C=O) groups is 2. The van der Waals surface area contributed by atoms with Gasteiger partial charge in [-0.2, -0.15) is 0 Å². The number of rotatable bonds is 5. The largest absolute Gasteiger partial charge is 0.336 e. The van der Waals surface area contributed by atoms with E-state index in [2.05, 4.69) is 10.3 Å². The Labute approximate surface area is 165 Å². The van der Waals surface area contributed by atoms with E-state index in [1.54, 1.807) is 7.05 Å². The van der Waals surface area contributed by atoms with E-state index in [9.17, 15) is 9.59 Å². The average Bonchev–Trinajstić information content (AvgIpc) is 2.66. The Kier molecular flexibility index (Phi) is 5.73. The maximum atomic E-state index is 12.7. The quantitative estimate of drug-likeness (QED) is 0.738. The summed E-state index contributed by atoms with van der Waals surface area (Å²) in [5.41, 5.74) is 5.62. The molecule has 0 unspecified atom stereocenters. The highest BCUT2D eigenvalue weighted by Gasteiger charge is 2.17. The molecule has 3 aromatic rings. The second-order valence-electron chi connectivity index (χ2n) is 7.16. The SMILES string of the molecule is Cc1ccc(NC(=O)CN(C)C(=O)Cc2c(C)nc3ccccc3c2C)cc1. The number of fused-ring (bicyclic) bond motifs is 1. The highest BCUT2D eigenvalue weighted by molar-refractivity contribution is 5.95. The maximum Gasteiger partial charge on any atom is 0.243 e. The summed E-state index contributed by atoms with van der Waals surface area (Å²) in [6.07, 6.45) is 0.226. The highest BCUT2D eigenvalue weighted by atomic mass is 16.2. The number of anilines is 1. The van der Waals surface area contributed by atoms with Crippen LogP contribution in [0.5, 0.6) is 0 Å². The molecular weight excluding hydrogens is 350 g/mol. The molecule has 5 heteroatoms. The van der Waals surface area contributed by atoms with E-state index in [4.69, 9.17) is 0 Å². The minimum absolute atomic E-state index is 0.00577. The van der Waals surface area contributed by atoms with Crippen LogP contribution in [0.2, 0.25) is 0 Å². The van der Waals surface area contributed by atoms with Gasteiger partial charge in [-0.25, -0.2) is 0 Å². The molecule has 0 aliphatic rings. The fourth-order valence-corrected chi connectivity index (χ4v) is 3.26. The van der Waals surface area contributed by atoms with Crippen molar-refractivity contribution >= 4 is 28.4 Å². The number of benzene rings is 2. The van der Waals surface area contributed by atoms with E-state index in [0.29, 0.717) is 0 Å². The monoisotopic (exact) mass is 375 g/mol. The van der Waals surface area contributed by atoms with Crippen LogP contribution in [-0.4, -0.2) is 35.3 Å². The number of amides is 2. The Hall–Kier alpha value is -3.21. The van der Waals surface area contributed by atoms with Crippen molar-refractivity contribution in [2.45, 2.75) is 27.2 Å². The second-order valence-corrected chi connectivity index (χ2v) is 7.16. The van der Waals surface area contributed by atoms with Crippen LogP contribution < -0.4 is 5.32 Å². The van der Waals surface area contributed by atoms with Gasteiger partial charge in [0.1, 0.15) is 0 Å². The van der Waals surface area contributed by atoms with Gasteiger partial charge in [0, 0.05) is 23.8 Å². The molecule has 2 aromatic carbocycles. The number of para-hydroxylation sites is 1. The van der Waals surface area contributed by atoms with Gasteiger partial charge in [0.25, 0.3) is 0 Å². The third-order valence-electron chi connectivity index (χ3n) is 4.96. The van der Waals surface area contributed by atoms with Crippen molar-refractivity contribution in [2.75, 3.05) is 18.9 Å². The van der Waals surface area contributed by atoms with E-state index >= 15 is 0 Å². The number of likely N-dealkylation sites (N-methyl/N-ethyl adjacent to an activating group) is 1. The van der Waals surface area contributed by atoms with E-state index in [0.717, 1.165) is 39.0 Å². The van der Waals surface area contributed by atoms with Gasteiger partial charge in [-0.1, -0.05) is 35.9 Å². The summed E-state index contributed by atoms with van der Waals surface area (Å²) in [5.74, 6) is -0.327. The molecule has 1 N–H and O–H groups in total. The highest BCUT2D eigenvalue weighted by Crippen LogP contribution is 2.23. The summed E-state index contributed by atoms with van der Waals surface area (Å²) in [4.78, 5) is 31.0. The molecule has 3 rings (SSSR count). The lowest BCUT2D eigenvalue weighted by molar-refractivity contribution is -0.132. The number of carbonyl (C=O) groups excluding carboxylic acids is 2. The fourth-order valence-electron chi connectivity index (χ4n) is 3.26. The van der Waals surface area contributed by atoms with Crippen LogP contribution >= 0.6 is 0 Å². The first-order valence-electron chi connectivity index (χ1n) is 9.30. The first-order valence-corrected chi connectivity index (χ1v) is 9.30. The van der Waals surface area contributed by atoms with Crippen LogP contribution in [0.15, 0.2) is 48.5 Å². The Morgan fingerprint density at radius 1 is 1.00 bits per heavy atom. The second kappa shape index (κ2) is 8.21. The van der Waals surface area contributed by atoms with Crippen LogP contribution in [0.25, 0.3) is 10.9 Å². The zero-order valence-corrected chi connectivity index (χ0v) is 16.7. The first kappa shape index (κ1) is 19.5. The van der Waals surface area contributed by atoms with Gasteiger partial charge in [0.2, 0.25) is 11.8 Å². The van der Waals surface area contributed by atoms with Crippen molar-refractivity contribution in [2.24, 2.45) is 0 Å². The molecule has 1 heterocycles. The Morgan fingerprint density at radius 3 is 2.39 bits per heavy atom. The molecule has 5 nitrogen and oxygen atoms in total. The molecule has 0 radical (unpaired) electrons. The number of hydrogen-bond acceptors (Lipinski definition) is 3. The smallest absolute Gasteiger partial charge is 0.243 e. The van der Waals surface area contributed by atoms with Gasteiger partial charge < -0.3 is 10.2 Å². The lowest BCUT2D eigenvalue weighted by Gasteiger charge is -2.19. The van der Waals surface area contributed by atoms with Crippen molar-refractivity contribution in [1.29, 1.82) is 0 Å². The molecule has 0 bridgehead atoms. The number of nitrogens with one attached hydrogen (secondary N) is 1. The van der Waals surface area contributed by atoms with E-state index in [1.165, 1.54) is 4.90 Å². The summed E-state index contributed by atoms with van der Waals surface area (Å²) in [6, 6.07) is 15.5. The van der Waals surface area contributed by atoms with E-state index in [1.807, 2.05) is 69.3 Å². The van der Waals surface area contributed by atoms with Crippen molar-refractivity contribution < 1.29 is 9.59 Å². The van der Waals surface area contributed by atoms with E-state index in [-0.39, 0.29) is 24.8 Å².